The molecule has 0 aromatic heterocycles. The number of hydrogen-bond donors (Lipinski definition) is 2. The molecular formula is C21H26BFN2O3. The summed E-state index contributed by atoms with van der Waals surface area (Å²) in [5.74, 6) is -0.547. The van der Waals surface area contributed by atoms with Crippen LogP contribution in [0.1, 0.15) is 38.8 Å². The number of aryl methyl sites for hydroxylation is 2. The van der Waals surface area contributed by atoms with Gasteiger partial charge in [-0.15, -0.1) is 0 Å². The fraction of sp³-hybridized carbons (Fsp3) is 0.381. The average molecular weight is 384 g/mol. The Hall–Kier alpha value is -2.38. The summed E-state index contributed by atoms with van der Waals surface area (Å²) in [6.07, 6.45) is 0. The lowest BCUT2D eigenvalue weighted by molar-refractivity contribution is 0.00578. The van der Waals surface area contributed by atoms with E-state index in [1.807, 2.05) is 59.7 Å². The topological polar surface area (TPSA) is 59.6 Å². The van der Waals surface area contributed by atoms with Gasteiger partial charge in [0.1, 0.15) is 5.82 Å². The molecule has 2 amide bonds. The number of halogens is 1. The summed E-state index contributed by atoms with van der Waals surface area (Å²) >= 11 is 0. The van der Waals surface area contributed by atoms with Gasteiger partial charge < -0.3 is 19.9 Å². The Bertz CT molecular complexity index is 899. The molecule has 2 aromatic rings. The number of carbonyl (C=O) groups is 1. The van der Waals surface area contributed by atoms with Gasteiger partial charge in [0.2, 0.25) is 0 Å². The highest BCUT2D eigenvalue weighted by Gasteiger charge is 2.52. The first-order chi connectivity index (χ1) is 13.0. The van der Waals surface area contributed by atoms with Gasteiger partial charge in [-0.1, -0.05) is 12.1 Å². The van der Waals surface area contributed by atoms with E-state index in [1.54, 1.807) is 12.1 Å². The van der Waals surface area contributed by atoms with Crippen molar-refractivity contribution in [1.82, 2.24) is 0 Å². The number of benzene rings is 2. The standard InChI is InChI=1S/C21H26BFN2O3/c1-13-8-7-9-15(10-13)24-19(26)25-18-11-14(2)16(12-17(18)23)22-27-20(3,4)21(5,6)28-22/h7-12H,1-6H3,(H2,24,25,26). The second kappa shape index (κ2) is 7.22. The van der Waals surface area contributed by atoms with E-state index in [0.717, 1.165) is 11.1 Å². The highest BCUT2D eigenvalue weighted by atomic mass is 19.1. The quantitative estimate of drug-likeness (QED) is 0.772. The maximum absolute atomic E-state index is 14.7. The molecule has 0 spiro atoms. The van der Waals surface area contributed by atoms with Crippen molar-refractivity contribution < 1.29 is 18.5 Å². The van der Waals surface area contributed by atoms with Gasteiger partial charge in [0.25, 0.3) is 0 Å². The van der Waals surface area contributed by atoms with Crippen molar-refractivity contribution in [3.63, 3.8) is 0 Å². The summed E-state index contributed by atoms with van der Waals surface area (Å²) in [5.41, 5.74) is 2.13. The lowest BCUT2D eigenvalue weighted by atomic mass is 9.76. The minimum atomic E-state index is -0.658. The van der Waals surface area contributed by atoms with Crippen LogP contribution in [0.5, 0.6) is 0 Å². The molecule has 1 fully saturated rings. The number of nitrogens with one attached hydrogen (secondary N) is 2. The lowest BCUT2D eigenvalue weighted by Gasteiger charge is -2.32. The number of rotatable bonds is 3. The van der Waals surface area contributed by atoms with Crippen LogP contribution in [0.4, 0.5) is 20.6 Å². The fourth-order valence-corrected chi connectivity index (χ4v) is 3.02. The largest absolute Gasteiger partial charge is 0.495 e. The summed E-state index contributed by atoms with van der Waals surface area (Å²) in [5, 5.41) is 5.27. The Labute approximate surface area is 165 Å². The van der Waals surface area contributed by atoms with Crippen molar-refractivity contribution in [2.75, 3.05) is 10.6 Å². The monoisotopic (exact) mass is 384 g/mol. The number of anilines is 2. The first kappa shape index (κ1) is 20.4. The van der Waals surface area contributed by atoms with E-state index < -0.39 is 30.2 Å². The molecule has 0 bridgehead atoms. The van der Waals surface area contributed by atoms with Crippen molar-refractivity contribution >= 4 is 30.0 Å². The molecule has 3 rings (SSSR count). The SMILES string of the molecule is Cc1cccc(NC(=O)Nc2cc(C)c(B3OC(C)(C)C(C)(C)O3)cc2F)c1. The third-order valence-electron chi connectivity index (χ3n) is 5.39. The van der Waals surface area contributed by atoms with Crippen LogP contribution in [0.2, 0.25) is 0 Å². The molecule has 0 saturated carbocycles. The molecule has 1 heterocycles. The van der Waals surface area contributed by atoms with Gasteiger partial charge in [0, 0.05) is 5.69 Å². The molecule has 0 atom stereocenters. The van der Waals surface area contributed by atoms with Crippen LogP contribution in [0.25, 0.3) is 0 Å². The van der Waals surface area contributed by atoms with Crippen LogP contribution in [-0.2, 0) is 9.31 Å². The Balaban J connectivity index is 1.76. The number of carbonyl (C=O) groups excluding carboxylic acids is 1. The Kier molecular flexibility index (Phi) is 5.25. The van der Waals surface area contributed by atoms with Gasteiger partial charge in [-0.05, 0) is 82.4 Å². The van der Waals surface area contributed by atoms with E-state index in [4.69, 9.17) is 9.31 Å². The Morgan fingerprint density at radius 2 is 1.64 bits per heavy atom. The summed E-state index contributed by atoms with van der Waals surface area (Å²) < 4.78 is 26.7. The highest BCUT2D eigenvalue weighted by Crippen LogP contribution is 2.37. The molecule has 1 aliphatic rings. The van der Waals surface area contributed by atoms with E-state index in [0.29, 0.717) is 11.2 Å². The molecule has 1 saturated heterocycles. The van der Waals surface area contributed by atoms with E-state index in [1.165, 1.54) is 6.07 Å². The zero-order chi connectivity index (χ0) is 20.7. The van der Waals surface area contributed by atoms with Crippen LogP contribution in [0, 0.1) is 19.7 Å². The molecule has 1 aliphatic heterocycles. The molecule has 148 valence electrons. The van der Waals surface area contributed by atoms with Crippen molar-refractivity contribution in [1.29, 1.82) is 0 Å². The van der Waals surface area contributed by atoms with E-state index in [9.17, 15) is 9.18 Å². The van der Waals surface area contributed by atoms with Crippen molar-refractivity contribution in [2.45, 2.75) is 52.7 Å². The zero-order valence-electron chi connectivity index (χ0n) is 17.1. The van der Waals surface area contributed by atoms with Crippen LogP contribution in [0.15, 0.2) is 36.4 Å². The zero-order valence-corrected chi connectivity index (χ0v) is 17.1. The van der Waals surface area contributed by atoms with Crippen LogP contribution in [-0.4, -0.2) is 24.4 Å². The van der Waals surface area contributed by atoms with Gasteiger partial charge in [0.05, 0.1) is 16.9 Å². The smallest absolute Gasteiger partial charge is 0.399 e. The predicted molar refractivity (Wildman–Crippen MR) is 111 cm³/mol. The van der Waals surface area contributed by atoms with Gasteiger partial charge in [0.15, 0.2) is 0 Å². The van der Waals surface area contributed by atoms with Crippen molar-refractivity contribution in [3.8, 4) is 0 Å². The van der Waals surface area contributed by atoms with Crippen LogP contribution >= 0.6 is 0 Å². The molecule has 0 unspecified atom stereocenters. The van der Waals surface area contributed by atoms with Gasteiger partial charge in [-0.3, -0.25) is 0 Å². The van der Waals surface area contributed by atoms with E-state index in [-0.39, 0.29) is 5.69 Å². The first-order valence-corrected chi connectivity index (χ1v) is 9.29. The summed E-state index contributed by atoms with van der Waals surface area (Å²) in [7, 11) is -0.658. The highest BCUT2D eigenvalue weighted by molar-refractivity contribution is 6.62. The Morgan fingerprint density at radius 1 is 1.00 bits per heavy atom. The Morgan fingerprint density at radius 3 is 2.25 bits per heavy atom. The van der Waals surface area contributed by atoms with Crippen molar-refractivity contribution in [3.05, 3.63) is 53.3 Å². The molecule has 2 aromatic carbocycles. The normalized spacial score (nSPS) is 17.5. The predicted octanol–water partition coefficient (Wildman–Crippen LogP) is 4.39. The third kappa shape index (κ3) is 4.05. The molecule has 0 radical (unpaired) electrons. The van der Waals surface area contributed by atoms with Crippen LogP contribution in [0.3, 0.4) is 0 Å². The number of urea groups is 1. The molecular weight excluding hydrogens is 358 g/mol. The van der Waals surface area contributed by atoms with Gasteiger partial charge in [-0.25, -0.2) is 9.18 Å². The first-order valence-electron chi connectivity index (χ1n) is 9.29. The molecule has 28 heavy (non-hydrogen) atoms. The van der Waals surface area contributed by atoms with Crippen molar-refractivity contribution in [2.24, 2.45) is 0 Å². The maximum atomic E-state index is 14.7. The van der Waals surface area contributed by atoms with Gasteiger partial charge in [-0.2, -0.15) is 0 Å². The fourth-order valence-electron chi connectivity index (χ4n) is 3.02. The third-order valence-corrected chi connectivity index (χ3v) is 5.39. The molecule has 0 aliphatic carbocycles. The lowest BCUT2D eigenvalue weighted by Crippen LogP contribution is -2.41. The molecule has 2 N–H and O–H groups in total. The van der Waals surface area contributed by atoms with E-state index >= 15 is 0 Å². The molecule has 5 nitrogen and oxygen atoms in total. The van der Waals surface area contributed by atoms with Crippen LogP contribution < -0.4 is 16.1 Å². The summed E-state index contributed by atoms with van der Waals surface area (Å²) in [4.78, 5) is 12.2. The molecule has 7 heteroatoms. The second-order valence-corrected chi connectivity index (χ2v) is 8.23. The van der Waals surface area contributed by atoms with Gasteiger partial charge >= 0.3 is 13.1 Å². The summed E-state index contributed by atoms with van der Waals surface area (Å²) in [6, 6.07) is 9.83. The number of amides is 2. The minimum absolute atomic E-state index is 0.0999. The van der Waals surface area contributed by atoms with E-state index in [2.05, 4.69) is 10.6 Å². The summed E-state index contributed by atoms with van der Waals surface area (Å²) in [6.45, 7) is 11.6. The maximum Gasteiger partial charge on any atom is 0.495 e. The second-order valence-electron chi connectivity index (χ2n) is 8.23. The number of hydrogen-bond acceptors (Lipinski definition) is 3. The minimum Gasteiger partial charge on any atom is -0.399 e. The average Bonchev–Trinajstić information content (AvgIpc) is 2.78.